The molecule has 1 aromatic carbocycles. The number of benzene rings is 1. The fourth-order valence-corrected chi connectivity index (χ4v) is 2.92. The van der Waals surface area contributed by atoms with Gasteiger partial charge in [-0.3, -0.25) is 0 Å². The number of ether oxygens (including phenoxy) is 1. The molecule has 132 valence electrons. The topological polar surface area (TPSA) is 67.3 Å². The maximum atomic E-state index is 11.5. The summed E-state index contributed by atoms with van der Waals surface area (Å²) in [6, 6.07) is 9.06. The van der Waals surface area contributed by atoms with Gasteiger partial charge in [0.2, 0.25) is 5.95 Å². The Kier molecular flexibility index (Phi) is 5.16. The highest BCUT2D eigenvalue weighted by molar-refractivity contribution is 5.89. The monoisotopic (exact) mass is 340 g/mol. The number of esters is 1. The molecule has 1 aromatic heterocycles. The van der Waals surface area contributed by atoms with Gasteiger partial charge in [0.05, 0.1) is 12.7 Å². The quantitative estimate of drug-likeness (QED) is 0.859. The molecule has 0 spiro atoms. The molecule has 6 nitrogen and oxygen atoms in total. The Labute approximate surface area is 148 Å². The lowest BCUT2D eigenvalue weighted by Gasteiger charge is -2.30. The highest BCUT2D eigenvalue weighted by atomic mass is 16.5. The second-order valence-corrected chi connectivity index (χ2v) is 6.56. The van der Waals surface area contributed by atoms with Crippen LogP contribution in [0.3, 0.4) is 0 Å². The lowest BCUT2D eigenvalue weighted by molar-refractivity contribution is 0.0601. The van der Waals surface area contributed by atoms with Crippen molar-refractivity contribution in [2.24, 2.45) is 5.92 Å². The molecule has 1 N–H and O–H groups in total. The summed E-state index contributed by atoms with van der Waals surface area (Å²) >= 11 is 0. The van der Waals surface area contributed by atoms with Crippen LogP contribution < -0.4 is 10.2 Å². The van der Waals surface area contributed by atoms with Gasteiger partial charge >= 0.3 is 5.97 Å². The molecule has 0 saturated carbocycles. The largest absolute Gasteiger partial charge is 0.465 e. The van der Waals surface area contributed by atoms with Crippen LogP contribution in [0.25, 0.3) is 0 Å². The fraction of sp³-hybridized carbons (Fsp3) is 0.421. The normalized spacial score (nSPS) is 15.1. The predicted octanol–water partition coefficient (Wildman–Crippen LogP) is 3.55. The van der Waals surface area contributed by atoms with Crippen LogP contribution in [-0.4, -0.2) is 36.1 Å². The number of nitrogens with one attached hydrogen (secondary N) is 1. The first kappa shape index (κ1) is 17.2. The van der Waals surface area contributed by atoms with Crippen molar-refractivity contribution in [3.8, 4) is 0 Å². The van der Waals surface area contributed by atoms with Crippen molar-refractivity contribution in [3.05, 3.63) is 41.6 Å². The van der Waals surface area contributed by atoms with Gasteiger partial charge in [-0.1, -0.05) is 6.92 Å². The second kappa shape index (κ2) is 7.51. The molecule has 25 heavy (non-hydrogen) atoms. The predicted molar refractivity (Wildman–Crippen MR) is 98.4 cm³/mol. The average molecular weight is 340 g/mol. The maximum absolute atomic E-state index is 11.5. The number of anilines is 3. The van der Waals surface area contributed by atoms with Crippen LogP contribution in [0.15, 0.2) is 30.3 Å². The van der Waals surface area contributed by atoms with E-state index in [2.05, 4.69) is 27.1 Å². The van der Waals surface area contributed by atoms with Gasteiger partial charge in [-0.2, -0.15) is 4.98 Å². The first-order valence-electron chi connectivity index (χ1n) is 8.61. The molecule has 1 aliphatic rings. The Bertz CT molecular complexity index is 738. The van der Waals surface area contributed by atoms with Crippen LogP contribution in [0.2, 0.25) is 0 Å². The molecule has 2 aromatic rings. The smallest absolute Gasteiger partial charge is 0.337 e. The molecule has 0 bridgehead atoms. The number of carbonyl (C=O) groups is 1. The van der Waals surface area contributed by atoms with Gasteiger partial charge in [-0.05, 0) is 49.9 Å². The first-order valence-corrected chi connectivity index (χ1v) is 8.61. The third-order valence-electron chi connectivity index (χ3n) is 4.49. The second-order valence-electron chi connectivity index (χ2n) is 6.56. The van der Waals surface area contributed by atoms with E-state index in [9.17, 15) is 4.79 Å². The van der Waals surface area contributed by atoms with E-state index >= 15 is 0 Å². The van der Waals surface area contributed by atoms with Crippen molar-refractivity contribution in [2.45, 2.75) is 26.7 Å². The molecule has 0 amide bonds. The third-order valence-corrected chi connectivity index (χ3v) is 4.49. The molecule has 6 heteroatoms. The van der Waals surface area contributed by atoms with Gasteiger partial charge in [-0.15, -0.1) is 0 Å². The standard InChI is InChI=1S/C19H24N4O2/c1-13-8-10-23(11-9-13)19-20-14(2)12-17(22-19)21-16-6-4-15(5-7-16)18(24)25-3/h4-7,12-13H,8-11H2,1-3H3,(H,20,21,22). The molecule has 0 unspecified atom stereocenters. The summed E-state index contributed by atoms with van der Waals surface area (Å²) in [7, 11) is 1.38. The zero-order chi connectivity index (χ0) is 17.8. The van der Waals surface area contributed by atoms with Crippen molar-refractivity contribution in [1.82, 2.24) is 9.97 Å². The highest BCUT2D eigenvalue weighted by Gasteiger charge is 2.18. The van der Waals surface area contributed by atoms with E-state index < -0.39 is 0 Å². The van der Waals surface area contributed by atoms with E-state index in [1.807, 2.05) is 25.1 Å². The summed E-state index contributed by atoms with van der Waals surface area (Å²) in [5.41, 5.74) is 2.32. The van der Waals surface area contributed by atoms with Crippen molar-refractivity contribution in [2.75, 3.05) is 30.4 Å². The van der Waals surface area contributed by atoms with Crippen LogP contribution >= 0.6 is 0 Å². The van der Waals surface area contributed by atoms with Crippen molar-refractivity contribution >= 4 is 23.4 Å². The number of nitrogens with zero attached hydrogens (tertiary/aromatic N) is 3. The summed E-state index contributed by atoms with van der Waals surface area (Å²) in [4.78, 5) is 23.0. The lowest BCUT2D eigenvalue weighted by atomic mass is 10.00. The number of methoxy groups -OCH3 is 1. The van der Waals surface area contributed by atoms with Crippen LogP contribution in [0.5, 0.6) is 0 Å². The number of aryl methyl sites for hydroxylation is 1. The number of rotatable bonds is 4. The molecule has 0 atom stereocenters. The minimum absolute atomic E-state index is 0.342. The van der Waals surface area contributed by atoms with Crippen molar-refractivity contribution in [1.29, 1.82) is 0 Å². The molecule has 0 aliphatic carbocycles. The Morgan fingerprint density at radius 3 is 2.52 bits per heavy atom. The molecule has 2 heterocycles. The van der Waals surface area contributed by atoms with Crippen molar-refractivity contribution < 1.29 is 9.53 Å². The highest BCUT2D eigenvalue weighted by Crippen LogP contribution is 2.23. The Morgan fingerprint density at radius 1 is 1.20 bits per heavy atom. The van der Waals surface area contributed by atoms with E-state index in [0.717, 1.165) is 42.2 Å². The van der Waals surface area contributed by atoms with E-state index in [1.54, 1.807) is 12.1 Å². The van der Waals surface area contributed by atoms with Crippen LogP contribution in [0, 0.1) is 12.8 Å². The number of hydrogen-bond donors (Lipinski definition) is 1. The van der Waals surface area contributed by atoms with Gasteiger partial charge in [0, 0.05) is 30.5 Å². The first-order chi connectivity index (χ1) is 12.0. The summed E-state index contributed by atoms with van der Waals surface area (Å²) in [5, 5.41) is 3.29. The number of carbonyl (C=O) groups excluding carboxylic acids is 1. The Hall–Kier alpha value is -2.63. The average Bonchev–Trinajstić information content (AvgIpc) is 2.62. The van der Waals surface area contributed by atoms with Crippen LogP contribution in [0.4, 0.5) is 17.5 Å². The van der Waals surface area contributed by atoms with E-state index in [0.29, 0.717) is 5.56 Å². The minimum atomic E-state index is -0.342. The van der Waals surface area contributed by atoms with Crippen LogP contribution in [-0.2, 0) is 4.74 Å². The summed E-state index contributed by atoms with van der Waals surface area (Å²) in [5.74, 6) is 1.96. The van der Waals surface area contributed by atoms with Crippen LogP contribution in [0.1, 0.15) is 35.8 Å². The van der Waals surface area contributed by atoms with Crippen molar-refractivity contribution in [3.63, 3.8) is 0 Å². The molecule has 1 fully saturated rings. The third kappa shape index (κ3) is 4.26. The summed E-state index contributed by atoms with van der Waals surface area (Å²) in [6.45, 7) is 6.26. The molecule has 1 saturated heterocycles. The van der Waals surface area contributed by atoms with E-state index in [1.165, 1.54) is 20.0 Å². The van der Waals surface area contributed by atoms with E-state index in [4.69, 9.17) is 4.74 Å². The van der Waals surface area contributed by atoms with Gasteiger partial charge < -0.3 is 15.0 Å². The minimum Gasteiger partial charge on any atom is -0.465 e. The number of aromatic nitrogens is 2. The lowest BCUT2D eigenvalue weighted by Crippen LogP contribution is -2.34. The maximum Gasteiger partial charge on any atom is 0.337 e. The van der Waals surface area contributed by atoms with Gasteiger partial charge in [-0.25, -0.2) is 9.78 Å². The summed E-state index contributed by atoms with van der Waals surface area (Å²) in [6.07, 6.45) is 2.35. The molecular formula is C19H24N4O2. The summed E-state index contributed by atoms with van der Waals surface area (Å²) < 4.78 is 4.72. The van der Waals surface area contributed by atoms with Gasteiger partial charge in [0.15, 0.2) is 0 Å². The SMILES string of the molecule is COC(=O)c1ccc(Nc2cc(C)nc(N3CCC(C)CC3)n2)cc1. The molecule has 1 aliphatic heterocycles. The molecular weight excluding hydrogens is 316 g/mol. The Balaban J connectivity index is 1.75. The zero-order valence-electron chi connectivity index (χ0n) is 15.0. The zero-order valence-corrected chi connectivity index (χ0v) is 15.0. The molecule has 0 radical (unpaired) electrons. The van der Waals surface area contributed by atoms with Gasteiger partial charge in [0.25, 0.3) is 0 Å². The number of piperidine rings is 1. The van der Waals surface area contributed by atoms with E-state index in [-0.39, 0.29) is 5.97 Å². The fourth-order valence-electron chi connectivity index (χ4n) is 2.92. The van der Waals surface area contributed by atoms with Gasteiger partial charge in [0.1, 0.15) is 5.82 Å². The number of hydrogen-bond acceptors (Lipinski definition) is 6. The Morgan fingerprint density at radius 2 is 1.88 bits per heavy atom. The molecule has 3 rings (SSSR count).